The fourth-order valence-corrected chi connectivity index (χ4v) is 2.90. The molecule has 2 rings (SSSR count). The molecule has 1 aromatic rings. The quantitative estimate of drug-likeness (QED) is 0.919. The van der Waals surface area contributed by atoms with Crippen LogP contribution in [0.2, 0.25) is 0 Å². The largest absolute Gasteiger partial charge is 0.393 e. The minimum Gasteiger partial charge on any atom is -0.393 e. The van der Waals surface area contributed by atoms with Crippen molar-refractivity contribution in [3.05, 3.63) is 35.1 Å². The maximum Gasteiger partial charge on any atom is 0.129 e. The Labute approximate surface area is 119 Å². The Morgan fingerprint density at radius 1 is 1.40 bits per heavy atom. The lowest BCUT2D eigenvalue weighted by Gasteiger charge is -2.31. The van der Waals surface area contributed by atoms with Gasteiger partial charge >= 0.3 is 0 Å². The lowest BCUT2D eigenvalue weighted by Crippen LogP contribution is -2.34. The molecule has 0 aliphatic heterocycles. The van der Waals surface area contributed by atoms with Crippen LogP contribution in [0.1, 0.15) is 36.8 Å². The maximum atomic E-state index is 13.8. The van der Waals surface area contributed by atoms with Crippen LogP contribution in [0.3, 0.4) is 0 Å². The second kappa shape index (κ2) is 6.83. The number of hydrogen-bond acceptors (Lipinski definition) is 3. The second-order valence-corrected chi connectivity index (χ2v) is 5.73. The molecule has 0 aromatic heterocycles. The molecular weight excluding hydrogens is 255 g/mol. The Bertz CT molecular complexity index is 498. The van der Waals surface area contributed by atoms with Crippen molar-refractivity contribution in [3.8, 4) is 6.07 Å². The van der Waals surface area contributed by atoms with Crippen molar-refractivity contribution in [3.63, 3.8) is 0 Å². The van der Waals surface area contributed by atoms with Gasteiger partial charge in [-0.3, -0.25) is 0 Å². The first-order chi connectivity index (χ1) is 9.60. The number of aliphatic hydroxyl groups excluding tert-OH is 1. The summed E-state index contributed by atoms with van der Waals surface area (Å²) in [5, 5.41) is 18.7. The summed E-state index contributed by atoms with van der Waals surface area (Å²) in [6, 6.07) is 6.52. The molecule has 1 N–H and O–H groups in total. The third kappa shape index (κ3) is 3.78. The Balaban J connectivity index is 1.94. The molecule has 108 valence electrons. The van der Waals surface area contributed by atoms with Gasteiger partial charge in [0.25, 0.3) is 0 Å². The van der Waals surface area contributed by atoms with E-state index in [1.807, 2.05) is 18.0 Å². The third-order valence-corrected chi connectivity index (χ3v) is 4.04. The highest BCUT2D eigenvalue weighted by molar-refractivity contribution is 5.32. The van der Waals surface area contributed by atoms with Gasteiger partial charge in [0.2, 0.25) is 0 Å². The molecule has 1 aromatic carbocycles. The van der Waals surface area contributed by atoms with Crippen molar-refractivity contribution in [2.24, 2.45) is 5.92 Å². The van der Waals surface area contributed by atoms with Crippen LogP contribution in [-0.2, 0) is 6.54 Å². The first kappa shape index (κ1) is 15.0. The molecular formula is C16H21FN2O. The number of nitrogens with zero attached hydrogens (tertiary/aromatic N) is 2. The van der Waals surface area contributed by atoms with Gasteiger partial charge in [-0.05, 0) is 37.9 Å². The van der Waals surface area contributed by atoms with Gasteiger partial charge in [-0.2, -0.15) is 5.26 Å². The average molecular weight is 276 g/mol. The molecule has 1 aliphatic rings. The van der Waals surface area contributed by atoms with E-state index in [9.17, 15) is 9.50 Å². The number of aliphatic hydroxyl groups is 1. The lowest BCUT2D eigenvalue weighted by atomic mass is 9.86. The van der Waals surface area contributed by atoms with Gasteiger partial charge in [-0.1, -0.05) is 18.9 Å². The van der Waals surface area contributed by atoms with E-state index >= 15 is 0 Å². The minimum atomic E-state index is -0.333. The monoisotopic (exact) mass is 276 g/mol. The van der Waals surface area contributed by atoms with Crippen LogP contribution in [0.4, 0.5) is 4.39 Å². The standard InChI is InChI=1S/C16H21FN2O/c1-19(11-14-4-2-3-5-16(14)20)10-13-7-6-12(9-18)8-15(13)17/h6-8,14,16,20H,2-5,10-11H2,1H3. The fraction of sp³-hybridized carbons (Fsp3) is 0.562. The SMILES string of the molecule is CN(Cc1ccc(C#N)cc1F)CC1CCCCC1O. The Hall–Kier alpha value is -1.44. The molecule has 1 fully saturated rings. The van der Waals surface area contributed by atoms with Crippen LogP contribution in [0.25, 0.3) is 0 Å². The summed E-state index contributed by atoms with van der Waals surface area (Å²) >= 11 is 0. The van der Waals surface area contributed by atoms with Crippen molar-refractivity contribution < 1.29 is 9.50 Å². The van der Waals surface area contributed by atoms with Crippen LogP contribution in [0.5, 0.6) is 0 Å². The molecule has 4 heteroatoms. The van der Waals surface area contributed by atoms with E-state index in [4.69, 9.17) is 5.26 Å². The highest BCUT2D eigenvalue weighted by Gasteiger charge is 2.24. The van der Waals surface area contributed by atoms with Crippen LogP contribution in [0.15, 0.2) is 18.2 Å². The molecule has 0 radical (unpaired) electrons. The summed E-state index contributed by atoms with van der Waals surface area (Å²) in [5.41, 5.74) is 0.938. The van der Waals surface area contributed by atoms with Gasteiger partial charge in [-0.15, -0.1) is 0 Å². The molecule has 3 nitrogen and oxygen atoms in total. The van der Waals surface area contributed by atoms with Crippen LogP contribution < -0.4 is 0 Å². The zero-order valence-electron chi connectivity index (χ0n) is 11.8. The Kier molecular flexibility index (Phi) is 5.11. The average Bonchev–Trinajstić information content (AvgIpc) is 2.43. The number of nitriles is 1. The number of benzene rings is 1. The Morgan fingerprint density at radius 3 is 2.80 bits per heavy atom. The fourth-order valence-electron chi connectivity index (χ4n) is 2.90. The summed E-state index contributed by atoms with van der Waals surface area (Å²) < 4.78 is 13.8. The van der Waals surface area contributed by atoms with Crippen molar-refractivity contribution in [1.82, 2.24) is 4.90 Å². The molecule has 0 saturated heterocycles. The van der Waals surface area contributed by atoms with Gasteiger partial charge in [0, 0.05) is 18.7 Å². The van der Waals surface area contributed by atoms with Crippen LogP contribution in [0, 0.1) is 23.1 Å². The van der Waals surface area contributed by atoms with E-state index < -0.39 is 0 Å². The normalized spacial score (nSPS) is 22.8. The van der Waals surface area contributed by atoms with Gasteiger partial charge in [0.15, 0.2) is 0 Å². The predicted molar refractivity (Wildman–Crippen MR) is 75.4 cm³/mol. The van der Waals surface area contributed by atoms with E-state index in [0.29, 0.717) is 17.7 Å². The minimum absolute atomic E-state index is 0.225. The van der Waals surface area contributed by atoms with E-state index in [2.05, 4.69) is 0 Å². The number of halogens is 1. The topological polar surface area (TPSA) is 47.3 Å². The highest BCUT2D eigenvalue weighted by Crippen LogP contribution is 2.25. The van der Waals surface area contributed by atoms with Gasteiger partial charge < -0.3 is 10.0 Å². The molecule has 20 heavy (non-hydrogen) atoms. The lowest BCUT2D eigenvalue weighted by molar-refractivity contribution is 0.0500. The summed E-state index contributed by atoms with van der Waals surface area (Å²) in [4.78, 5) is 2.05. The molecule has 2 unspecified atom stereocenters. The maximum absolute atomic E-state index is 13.8. The van der Waals surface area contributed by atoms with Crippen molar-refractivity contribution in [1.29, 1.82) is 5.26 Å². The third-order valence-electron chi connectivity index (χ3n) is 4.04. The smallest absolute Gasteiger partial charge is 0.129 e. The molecule has 0 spiro atoms. The van der Waals surface area contributed by atoms with Crippen molar-refractivity contribution in [2.45, 2.75) is 38.3 Å². The van der Waals surface area contributed by atoms with Gasteiger partial charge in [0.1, 0.15) is 5.82 Å². The molecule has 0 heterocycles. The van der Waals surface area contributed by atoms with Gasteiger partial charge in [-0.25, -0.2) is 4.39 Å². The van der Waals surface area contributed by atoms with Crippen LogP contribution >= 0.6 is 0 Å². The first-order valence-corrected chi connectivity index (χ1v) is 7.15. The predicted octanol–water partition coefficient (Wildman–Crippen LogP) is 2.68. The summed E-state index contributed by atoms with van der Waals surface area (Å²) in [7, 11) is 1.94. The zero-order chi connectivity index (χ0) is 14.5. The van der Waals surface area contributed by atoms with Gasteiger partial charge in [0.05, 0.1) is 17.7 Å². The summed E-state index contributed by atoms with van der Waals surface area (Å²) in [5.74, 6) is -0.0460. The Morgan fingerprint density at radius 2 is 2.15 bits per heavy atom. The number of rotatable bonds is 4. The van der Waals surface area contributed by atoms with Crippen molar-refractivity contribution in [2.75, 3.05) is 13.6 Å². The first-order valence-electron chi connectivity index (χ1n) is 7.15. The van der Waals surface area contributed by atoms with Crippen LogP contribution in [-0.4, -0.2) is 29.7 Å². The zero-order valence-corrected chi connectivity index (χ0v) is 11.8. The highest BCUT2D eigenvalue weighted by atomic mass is 19.1. The summed E-state index contributed by atoms with van der Waals surface area (Å²) in [6.45, 7) is 1.28. The second-order valence-electron chi connectivity index (χ2n) is 5.73. The van der Waals surface area contributed by atoms with Crippen molar-refractivity contribution >= 4 is 0 Å². The van der Waals surface area contributed by atoms with E-state index in [1.54, 1.807) is 12.1 Å². The molecule has 1 saturated carbocycles. The molecule has 0 amide bonds. The number of hydrogen-bond donors (Lipinski definition) is 1. The van der Waals surface area contributed by atoms with E-state index in [0.717, 1.165) is 25.8 Å². The van der Waals surface area contributed by atoms with E-state index in [1.165, 1.54) is 12.5 Å². The summed E-state index contributed by atoms with van der Waals surface area (Å²) in [6.07, 6.45) is 3.97. The van der Waals surface area contributed by atoms with E-state index in [-0.39, 0.29) is 17.8 Å². The molecule has 0 bridgehead atoms. The molecule has 1 aliphatic carbocycles. The molecule has 2 atom stereocenters.